The van der Waals surface area contributed by atoms with Crippen molar-refractivity contribution in [3.8, 4) is 0 Å². The number of nitrogens with two attached hydrogens (primary N) is 2. The molecule has 0 saturated carbocycles. The van der Waals surface area contributed by atoms with Gasteiger partial charge in [0.25, 0.3) is 0 Å². The van der Waals surface area contributed by atoms with Crippen LogP contribution in [0.3, 0.4) is 0 Å². The average Bonchev–Trinajstić information content (AvgIpc) is 2.77. The molecule has 2 aromatic heterocycles. The fourth-order valence-corrected chi connectivity index (χ4v) is 2.62. The molecule has 0 spiro atoms. The standard InChI is InChI=1S/C12H16N6O2S/c1-3-20-11(19)7-5-15-18(2)8(7)6-21-12-16-9(13)4-10(14)17-12/h4-5H,3,6H2,1-2H3,(H4,13,14,16,17). The summed E-state index contributed by atoms with van der Waals surface area (Å²) in [5.41, 5.74) is 12.4. The molecule has 0 unspecified atom stereocenters. The third kappa shape index (κ3) is 3.63. The highest BCUT2D eigenvalue weighted by molar-refractivity contribution is 7.98. The zero-order chi connectivity index (χ0) is 15.4. The molecule has 9 heteroatoms. The monoisotopic (exact) mass is 308 g/mol. The molecule has 0 aromatic carbocycles. The Balaban J connectivity index is 2.16. The number of nitrogens with zero attached hydrogens (tertiary/aromatic N) is 4. The van der Waals surface area contributed by atoms with E-state index in [0.717, 1.165) is 5.69 Å². The maximum absolute atomic E-state index is 11.8. The van der Waals surface area contributed by atoms with Crippen LogP contribution in [0, 0.1) is 0 Å². The molecule has 0 amide bonds. The van der Waals surface area contributed by atoms with Gasteiger partial charge in [-0.15, -0.1) is 0 Å². The summed E-state index contributed by atoms with van der Waals surface area (Å²) in [5, 5.41) is 4.53. The summed E-state index contributed by atoms with van der Waals surface area (Å²) in [6.45, 7) is 2.07. The lowest BCUT2D eigenvalue weighted by molar-refractivity contribution is 0.0525. The Morgan fingerprint density at radius 2 is 2.05 bits per heavy atom. The number of esters is 1. The number of ether oxygens (including phenoxy) is 1. The smallest absolute Gasteiger partial charge is 0.341 e. The van der Waals surface area contributed by atoms with Crippen molar-refractivity contribution in [2.24, 2.45) is 7.05 Å². The Hall–Kier alpha value is -2.29. The summed E-state index contributed by atoms with van der Waals surface area (Å²) in [6.07, 6.45) is 1.49. The van der Waals surface area contributed by atoms with E-state index in [9.17, 15) is 4.79 Å². The van der Waals surface area contributed by atoms with Crippen LogP contribution in [-0.2, 0) is 17.5 Å². The number of aromatic nitrogens is 4. The van der Waals surface area contributed by atoms with Crippen LogP contribution >= 0.6 is 11.8 Å². The Kier molecular flexibility index (Phi) is 4.63. The highest BCUT2D eigenvalue weighted by atomic mass is 32.2. The predicted octanol–water partition coefficient (Wildman–Crippen LogP) is 0.843. The summed E-state index contributed by atoms with van der Waals surface area (Å²) in [5.74, 6) is 0.670. The van der Waals surface area contributed by atoms with Crippen molar-refractivity contribution in [2.45, 2.75) is 17.8 Å². The first-order valence-corrected chi connectivity index (χ1v) is 7.20. The molecule has 2 aromatic rings. The van der Waals surface area contributed by atoms with E-state index in [4.69, 9.17) is 16.2 Å². The van der Waals surface area contributed by atoms with Gasteiger partial charge >= 0.3 is 5.97 Å². The number of aryl methyl sites for hydroxylation is 1. The fraction of sp³-hybridized carbons (Fsp3) is 0.333. The fourth-order valence-electron chi connectivity index (χ4n) is 1.67. The number of hydrogen-bond donors (Lipinski definition) is 2. The molecule has 0 atom stereocenters. The molecular weight excluding hydrogens is 292 g/mol. The first kappa shape index (κ1) is 15.1. The molecule has 0 aliphatic rings. The minimum atomic E-state index is -0.394. The van der Waals surface area contributed by atoms with Gasteiger partial charge in [0, 0.05) is 18.9 Å². The van der Waals surface area contributed by atoms with E-state index in [-0.39, 0.29) is 0 Å². The molecule has 8 nitrogen and oxygen atoms in total. The molecular formula is C12H16N6O2S. The highest BCUT2D eigenvalue weighted by Gasteiger charge is 2.17. The number of anilines is 2. The third-order valence-corrected chi connectivity index (χ3v) is 3.50. The lowest BCUT2D eigenvalue weighted by Crippen LogP contribution is -2.08. The van der Waals surface area contributed by atoms with Gasteiger partial charge in [0.05, 0.1) is 18.5 Å². The zero-order valence-corrected chi connectivity index (χ0v) is 12.6. The number of rotatable bonds is 5. The van der Waals surface area contributed by atoms with Gasteiger partial charge < -0.3 is 16.2 Å². The Morgan fingerprint density at radius 1 is 1.38 bits per heavy atom. The minimum absolute atomic E-state index is 0.306. The van der Waals surface area contributed by atoms with Crippen molar-refractivity contribution in [3.63, 3.8) is 0 Å². The normalized spacial score (nSPS) is 10.6. The van der Waals surface area contributed by atoms with Crippen LogP contribution in [0.5, 0.6) is 0 Å². The van der Waals surface area contributed by atoms with E-state index in [0.29, 0.717) is 34.7 Å². The van der Waals surface area contributed by atoms with Gasteiger partial charge in [-0.05, 0) is 6.92 Å². The van der Waals surface area contributed by atoms with Crippen LogP contribution in [-0.4, -0.2) is 32.3 Å². The summed E-state index contributed by atoms with van der Waals surface area (Å²) in [7, 11) is 1.76. The largest absolute Gasteiger partial charge is 0.462 e. The Morgan fingerprint density at radius 3 is 2.67 bits per heavy atom. The second kappa shape index (κ2) is 6.44. The molecule has 2 heterocycles. The average molecular weight is 308 g/mol. The molecule has 0 saturated heterocycles. The first-order chi connectivity index (χ1) is 10.0. The molecule has 21 heavy (non-hydrogen) atoms. The van der Waals surface area contributed by atoms with Crippen LogP contribution < -0.4 is 11.5 Å². The summed E-state index contributed by atoms with van der Waals surface area (Å²) in [6, 6.07) is 1.48. The van der Waals surface area contributed by atoms with Crippen molar-refractivity contribution >= 4 is 29.4 Å². The van der Waals surface area contributed by atoms with Gasteiger partial charge in [-0.3, -0.25) is 4.68 Å². The van der Waals surface area contributed by atoms with Gasteiger partial charge in [0.15, 0.2) is 5.16 Å². The molecule has 4 N–H and O–H groups in total. The van der Waals surface area contributed by atoms with Crippen molar-refractivity contribution in [2.75, 3.05) is 18.1 Å². The number of thioether (sulfide) groups is 1. The Bertz CT molecular complexity index is 637. The SMILES string of the molecule is CCOC(=O)c1cnn(C)c1CSc1nc(N)cc(N)n1. The van der Waals surface area contributed by atoms with Crippen LogP contribution in [0.2, 0.25) is 0 Å². The van der Waals surface area contributed by atoms with Crippen LogP contribution in [0.25, 0.3) is 0 Å². The van der Waals surface area contributed by atoms with Crippen LogP contribution in [0.15, 0.2) is 17.4 Å². The van der Waals surface area contributed by atoms with Gasteiger partial charge in [-0.2, -0.15) is 5.10 Å². The first-order valence-electron chi connectivity index (χ1n) is 6.22. The second-order valence-corrected chi connectivity index (χ2v) is 5.08. The number of hydrogen-bond acceptors (Lipinski definition) is 8. The van der Waals surface area contributed by atoms with E-state index in [1.54, 1.807) is 18.7 Å². The predicted molar refractivity (Wildman–Crippen MR) is 79.6 cm³/mol. The van der Waals surface area contributed by atoms with E-state index in [1.807, 2.05) is 0 Å². The summed E-state index contributed by atoms with van der Waals surface area (Å²) >= 11 is 1.32. The maximum atomic E-state index is 11.8. The van der Waals surface area contributed by atoms with Crippen molar-refractivity contribution in [1.82, 2.24) is 19.7 Å². The van der Waals surface area contributed by atoms with E-state index >= 15 is 0 Å². The quantitative estimate of drug-likeness (QED) is 0.473. The van der Waals surface area contributed by atoms with Gasteiger partial charge in [-0.25, -0.2) is 14.8 Å². The number of nitrogen functional groups attached to an aromatic ring is 2. The molecule has 2 rings (SSSR count). The van der Waals surface area contributed by atoms with Gasteiger partial charge in [0.2, 0.25) is 0 Å². The van der Waals surface area contributed by atoms with E-state index in [2.05, 4.69) is 15.1 Å². The number of carbonyl (C=O) groups excluding carboxylic acids is 1. The molecule has 112 valence electrons. The molecule has 0 aliphatic carbocycles. The molecule has 0 aliphatic heterocycles. The van der Waals surface area contributed by atoms with Gasteiger partial charge in [0.1, 0.15) is 17.2 Å². The molecule has 0 bridgehead atoms. The highest BCUT2D eigenvalue weighted by Crippen LogP contribution is 2.23. The maximum Gasteiger partial charge on any atom is 0.341 e. The molecule has 0 radical (unpaired) electrons. The lowest BCUT2D eigenvalue weighted by Gasteiger charge is -2.06. The lowest BCUT2D eigenvalue weighted by atomic mass is 10.3. The van der Waals surface area contributed by atoms with Crippen LogP contribution in [0.1, 0.15) is 23.0 Å². The van der Waals surface area contributed by atoms with Crippen LogP contribution in [0.4, 0.5) is 11.6 Å². The summed E-state index contributed by atoms with van der Waals surface area (Å²) < 4.78 is 6.62. The Labute approximate surface area is 125 Å². The van der Waals surface area contributed by atoms with E-state index < -0.39 is 5.97 Å². The van der Waals surface area contributed by atoms with Crippen molar-refractivity contribution in [1.29, 1.82) is 0 Å². The second-order valence-electron chi connectivity index (χ2n) is 4.14. The third-order valence-electron chi connectivity index (χ3n) is 2.64. The summed E-state index contributed by atoms with van der Waals surface area (Å²) in [4.78, 5) is 20.0. The van der Waals surface area contributed by atoms with Crippen molar-refractivity contribution < 1.29 is 9.53 Å². The van der Waals surface area contributed by atoms with Gasteiger partial charge in [-0.1, -0.05) is 11.8 Å². The molecule has 0 fully saturated rings. The minimum Gasteiger partial charge on any atom is -0.462 e. The number of carbonyl (C=O) groups is 1. The topological polar surface area (TPSA) is 122 Å². The van der Waals surface area contributed by atoms with E-state index in [1.165, 1.54) is 24.0 Å². The zero-order valence-electron chi connectivity index (χ0n) is 11.7. The van der Waals surface area contributed by atoms with Crippen molar-refractivity contribution in [3.05, 3.63) is 23.5 Å².